The Labute approximate surface area is 93.5 Å². The predicted octanol–water partition coefficient (Wildman–Crippen LogP) is 0.673. The Morgan fingerprint density at radius 2 is 2.31 bits per heavy atom. The van der Waals surface area contributed by atoms with E-state index in [0.717, 1.165) is 5.56 Å². The van der Waals surface area contributed by atoms with Gasteiger partial charge in [0.05, 0.1) is 12.3 Å². The molecule has 2 aromatic heterocycles. The molecule has 0 bridgehead atoms. The van der Waals surface area contributed by atoms with E-state index in [2.05, 4.69) is 10.1 Å². The van der Waals surface area contributed by atoms with Gasteiger partial charge in [-0.05, 0) is 11.6 Å². The van der Waals surface area contributed by atoms with Gasteiger partial charge in [0.2, 0.25) is 0 Å². The second-order valence-corrected chi connectivity index (χ2v) is 3.69. The van der Waals surface area contributed by atoms with Gasteiger partial charge in [0, 0.05) is 31.4 Å². The van der Waals surface area contributed by atoms with E-state index >= 15 is 0 Å². The van der Waals surface area contributed by atoms with E-state index in [-0.39, 0.29) is 0 Å². The van der Waals surface area contributed by atoms with Crippen LogP contribution in [0.5, 0.6) is 0 Å². The first-order valence-corrected chi connectivity index (χ1v) is 5.03. The topological polar surface area (TPSA) is 77.0 Å². The molecule has 0 spiro atoms. The molecule has 84 valence electrons. The summed E-state index contributed by atoms with van der Waals surface area (Å²) in [5.41, 5.74) is 7.41. The minimum Gasteiger partial charge on any atom is -0.388 e. The quantitative estimate of drug-likeness (QED) is 0.794. The first-order valence-electron chi connectivity index (χ1n) is 5.03. The van der Waals surface area contributed by atoms with Gasteiger partial charge in [-0.25, -0.2) is 0 Å². The molecule has 0 aliphatic rings. The van der Waals surface area contributed by atoms with Gasteiger partial charge in [0.1, 0.15) is 5.82 Å². The van der Waals surface area contributed by atoms with Gasteiger partial charge in [-0.2, -0.15) is 5.10 Å². The lowest BCUT2D eigenvalue weighted by molar-refractivity contribution is 0.179. The third-order valence-corrected chi connectivity index (χ3v) is 2.53. The van der Waals surface area contributed by atoms with Crippen LogP contribution in [0, 0.1) is 0 Å². The second kappa shape index (κ2) is 4.32. The molecular weight excluding hydrogens is 204 g/mol. The molecule has 0 saturated carbocycles. The summed E-state index contributed by atoms with van der Waals surface area (Å²) in [5, 5.41) is 14.0. The Morgan fingerprint density at radius 3 is 2.88 bits per heavy atom. The van der Waals surface area contributed by atoms with Gasteiger partial charge >= 0.3 is 0 Å². The number of anilines is 1. The second-order valence-electron chi connectivity index (χ2n) is 3.69. The van der Waals surface area contributed by atoms with Crippen molar-refractivity contribution in [3.05, 3.63) is 41.9 Å². The number of nitrogens with two attached hydrogens (primary N) is 1. The maximum atomic E-state index is 10.0. The Bertz CT molecular complexity index is 466. The number of aliphatic hydroxyl groups excluding tert-OH is 1. The molecule has 1 unspecified atom stereocenters. The molecule has 0 aliphatic carbocycles. The van der Waals surface area contributed by atoms with Crippen LogP contribution in [0.4, 0.5) is 5.82 Å². The summed E-state index contributed by atoms with van der Waals surface area (Å²) in [7, 11) is 1.75. The van der Waals surface area contributed by atoms with Crippen molar-refractivity contribution in [3.8, 4) is 0 Å². The smallest absolute Gasteiger partial charge is 0.127 e. The number of aryl methyl sites for hydroxylation is 1. The van der Waals surface area contributed by atoms with E-state index in [9.17, 15) is 5.11 Å². The zero-order chi connectivity index (χ0) is 11.5. The normalized spacial score (nSPS) is 12.6. The summed E-state index contributed by atoms with van der Waals surface area (Å²) in [6.07, 6.45) is 4.88. The summed E-state index contributed by atoms with van der Waals surface area (Å²) in [4.78, 5) is 4.00. The number of nitrogens with zero attached hydrogens (tertiary/aromatic N) is 3. The third-order valence-electron chi connectivity index (χ3n) is 2.53. The molecule has 0 amide bonds. The van der Waals surface area contributed by atoms with Crippen LogP contribution in [0.1, 0.15) is 17.2 Å². The molecule has 0 aromatic carbocycles. The summed E-state index contributed by atoms with van der Waals surface area (Å²) in [6, 6.07) is 3.76. The van der Waals surface area contributed by atoms with Gasteiger partial charge in [0.25, 0.3) is 0 Å². The average Bonchev–Trinajstić information content (AvgIpc) is 2.61. The molecule has 0 saturated heterocycles. The van der Waals surface area contributed by atoms with Crippen molar-refractivity contribution in [2.45, 2.75) is 12.5 Å². The molecule has 5 heteroatoms. The number of hydrogen-bond donors (Lipinski definition) is 2. The largest absolute Gasteiger partial charge is 0.388 e. The van der Waals surface area contributed by atoms with Gasteiger partial charge in [0.15, 0.2) is 0 Å². The zero-order valence-corrected chi connectivity index (χ0v) is 9.04. The van der Waals surface area contributed by atoms with Crippen LogP contribution in [0.15, 0.2) is 30.7 Å². The molecule has 2 rings (SSSR count). The molecule has 0 radical (unpaired) electrons. The Morgan fingerprint density at radius 1 is 1.50 bits per heavy atom. The van der Waals surface area contributed by atoms with Gasteiger partial charge in [-0.1, -0.05) is 6.07 Å². The lowest BCUT2D eigenvalue weighted by atomic mass is 10.1. The number of aliphatic hydroxyl groups is 1. The van der Waals surface area contributed by atoms with Gasteiger partial charge in [-0.3, -0.25) is 9.67 Å². The first kappa shape index (κ1) is 10.6. The molecular formula is C11H14N4O. The SMILES string of the molecule is Cn1ncc(C(O)Cc2cccnc2)c1N. The average molecular weight is 218 g/mol. The molecule has 5 nitrogen and oxygen atoms in total. The predicted molar refractivity (Wildman–Crippen MR) is 60.5 cm³/mol. The minimum absolute atomic E-state index is 0.490. The highest BCUT2D eigenvalue weighted by Gasteiger charge is 2.14. The molecule has 16 heavy (non-hydrogen) atoms. The number of hydrogen-bond acceptors (Lipinski definition) is 4. The van der Waals surface area contributed by atoms with E-state index < -0.39 is 6.10 Å². The number of aromatic nitrogens is 3. The van der Waals surface area contributed by atoms with Crippen LogP contribution in [-0.2, 0) is 13.5 Å². The molecule has 1 atom stereocenters. The van der Waals surface area contributed by atoms with E-state index in [0.29, 0.717) is 17.8 Å². The highest BCUT2D eigenvalue weighted by Crippen LogP contribution is 2.22. The van der Waals surface area contributed by atoms with Crippen LogP contribution in [-0.4, -0.2) is 19.9 Å². The Kier molecular flexibility index (Phi) is 2.87. The highest BCUT2D eigenvalue weighted by molar-refractivity contribution is 5.40. The van der Waals surface area contributed by atoms with Crippen molar-refractivity contribution in [1.29, 1.82) is 0 Å². The van der Waals surface area contributed by atoms with Crippen molar-refractivity contribution in [2.75, 3.05) is 5.73 Å². The third kappa shape index (κ3) is 2.04. The van der Waals surface area contributed by atoms with Crippen molar-refractivity contribution >= 4 is 5.82 Å². The molecule has 2 aromatic rings. The van der Waals surface area contributed by atoms with Crippen LogP contribution in [0.25, 0.3) is 0 Å². The van der Waals surface area contributed by atoms with Crippen LogP contribution >= 0.6 is 0 Å². The van der Waals surface area contributed by atoms with E-state index in [1.165, 1.54) is 0 Å². The minimum atomic E-state index is -0.641. The summed E-state index contributed by atoms with van der Waals surface area (Å²) in [6.45, 7) is 0. The molecule has 0 aliphatic heterocycles. The van der Waals surface area contributed by atoms with Crippen molar-refractivity contribution in [3.63, 3.8) is 0 Å². The molecule has 2 heterocycles. The van der Waals surface area contributed by atoms with Crippen molar-refractivity contribution in [1.82, 2.24) is 14.8 Å². The zero-order valence-electron chi connectivity index (χ0n) is 9.04. The fraction of sp³-hybridized carbons (Fsp3) is 0.273. The number of pyridine rings is 1. The summed E-state index contributed by atoms with van der Waals surface area (Å²) in [5.74, 6) is 0.497. The van der Waals surface area contributed by atoms with Crippen LogP contribution in [0.2, 0.25) is 0 Å². The van der Waals surface area contributed by atoms with Crippen LogP contribution in [0.3, 0.4) is 0 Å². The van der Waals surface area contributed by atoms with Crippen molar-refractivity contribution in [2.24, 2.45) is 7.05 Å². The van der Waals surface area contributed by atoms with Gasteiger partial charge in [-0.15, -0.1) is 0 Å². The fourth-order valence-corrected chi connectivity index (χ4v) is 1.57. The summed E-state index contributed by atoms with van der Waals surface area (Å²) >= 11 is 0. The van der Waals surface area contributed by atoms with Gasteiger partial charge < -0.3 is 10.8 Å². The molecule has 0 fully saturated rings. The van der Waals surface area contributed by atoms with E-state index in [4.69, 9.17) is 5.73 Å². The molecule has 3 N–H and O–H groups in total. The Hall–Kier alpha value is -1.88. The lowest BCUT2D eigenvalue weighted by Gasteiger charge is -2.09. The first-order chi connectivity index (χ1) is 7.68. The Balaban J connectivity index is 2.15. The lowest BCUT2D eigenvalue weighted by Crippen LogP contribution is -2.06. The maximum Gasteiger partial charge on any atom is 0.127 e. The standard InChI is InChI=1S/C11H14N4O/c1-15-11(12)9(7-14-15)10(16)5-8-3-2-4-13-6-8/h2-4,6-7,10,16H,5,12H2,1H3. The van der Waals surface area contributed by atoms with Crippen molar-refractivity contribution < 1.29 is 5.11 Å². The summed E-state index contributed by atoms with van der Waals surface area (Å²) < 4.78 is 1.54. The van der Waals surface area contributed by atoms with Crippen LogP contribution < -0.4 is 5.73 Å². The van der Waals surface area contributed by atoms with E-state index in [1.807, 2.05) is 12.1 Å². The fourth-order valence-electron chi connectivity index (χ4n) is 1.57. The monoisotopic (exact) mass is 218 g/mol. The maximum absolute atomic E-state index is 10.0. The number of rotatable bonds is 3. The number of nitrogen functional groups attached to an aromatic ring is 1. The van der Waals surface area contributed by atoms with E-state index in [1.54, 1.807) is 30.3 Å². The highest BCUT2D eigenvalue weighted by atomic mass is 16.3.